The number of hydrogen-bond donors (Lipinski definition) is 2. The van der Waals surface area contributed by atoms with Gasteiger partial charge in [-0.05, 0) is 36.6 Å². The zero-order chi connectivity index (χ0) is 11.4. The Morgan fingerprint density at radius 3 is 3.00 bits per heavy atom. The van der Waals surface area contributed by atoms with Crippen LogP contribution in [0, 0.1) is 5.92 Å². The third-order valence-electron chi connectivity index (χ3n) is 3.13. The van der Waals surface area contributed by atoms with Crippen LogP contribution in [-0.2, 0) is 6.54 Å². The standard InChI is InChI=1S/C14H22N2/c1-11(2)9-16-14-7-8-15-10-12-5-3-4-6-13(12)14/h3-6,11,14-16H,7-10H2,1-2H3. The van der Waals surface area contributed by atoms with Gasteiger partial charge in [0.15, 0.2) is 0 Å². The summed E-state index contributed by atoms with van der Waals surface area (Å²) < 4.78 is 0. The molecular formula is C14H22N2. The van der Waals surface area contributed by atoms with Crippen LogP contribution in [0.5, 0.6) is 0 Å². The molecule has 2 nitrogen and oxygen atoms in total. The first-order valence-corrected chi connectivity index (χ1v) is 6.29. The first-order valence-electron chi connectivity index (χ1n) is 6.29. The molecule has 1 aromatic carbocycles. The monoisotopic (exact) mass is 218 g/mol. The highest BCUT2D eigenvalue weighted by atomic mass is 14.9. The number of rotatable bonds is 3. The molecule has 0 fully saturated rings. The first-order chi connectivity index (χ1) is 7.77. The topological polar surface area (TPSA) is 24.1 Å². The van der Waals surface area contributed by atoms with Crippen LogP contribution in [0.3, 0.4) is 0 Å². The highest BCUT2D eigenvalue weighted by Crippen LogP contribution is 2.23. The molecule has 1 unspecified atom stereocenters. The first kappa shape index (κ1) is 11.6. The maximum absolute atomic E-state index is 3.68. The van der Waals surface area contributed by atoms with E-state index in [9.17, 15) is 0 Å². The summed E-state index contributed by atoms with van der Waals surface area (Å²) in [6.45, 7) is 7.72. The van der Waals surface area contributed by atoms with Gasteiger partial charge in [-0.15, -0.1) is 0 Å². The molecule has 0 radical (unpaired) electrons. The van der Waals surface area contributed by atoms with Crippen molar-refractivity contribution in [3.63, 3.8) is 0 Å². The fourth-order valence-corrected chi connectivity index (χ4v) is 2.25. The average molecular weight is 218 g/mol. The summed E-state index contributed by atoms with van der Waals surface area (Å²) in [5.41, 5.74) is 2.93. The van der Waals surface area contributed by atoms with Crippen LogP contribution in [-0.4, -0.2) is 13.1 Å². The SMILES string of the molecule is CC(C)CNC1CCNCc2ccccc21. The van der Waals surface area contributed by atoms with Gasteiger partial charge in [-0.3, -0.25) is 0 Å². The van der Waals surface area contributed by atoms with Gasteiger partial charge in [-0.25, -0.2) is 0 Å². The third-order valence-corrected chi connectivity index (χ3v) is 3.13. The van der Waals surface area contributed by atoms with Gasteiger partial charge in [0.25, 0.3) is 0 Å². The third kappa shape index (κ3) is 2.83. The van der Waals surface area contributed by atoms with Crippen LogP contribution in [0.4, 0.5) is 0 Å². The lowest BCUT2D eigenvalue weighted by atomic mass is 9.99. The summed E-state index contributed by atoms with van der Waals surface area (Å²) in [6, 6.07) is 9.30. The number of fused-ring (bicyclic) bond motifs is 1. The minimum atomic E-state index is 0.522. The molecule has 1 aliphatic heterocycles. The summed E-state index contributed by atoms with van der Waals surface area (Å²) in [7, 11) is 0. The number of benzene rings is 1. The van der Waals surface area contributed by atoms with E-state index < -0.39 is 0 Å². The molecule has 0 aliphatic carbocycles. The van der Waals surface area contributed by atoms with Gasteiger partial charge in [0.1, 0.15) is 0 Å². The lowest BCUT2D eigenvalue weighted by Crippen LogP contribution is -2.26. The van der Waals surface area contributed by atoms with Crippen LogP contribution in [0.15, 0.2) is 24.3 Å². The molecule has 16 heavy (non-hydrogen) atoms. The smallest absolute Gasteiger partial charge is 0.0335 e. The van der Waals surface area contributed by atoms with Crippen molar-refractivity contribution in [3.05, 3.63) is 35.4 Å². The maximum Gasteiger partial charge on any atom is 0.0335 e. The van der Waals surface area contributed by atoms with Crippen molar-refractivity contribution < 1.29 is 0 Å². The van der Waals surface area contributed by atoms with Crippen molar-refractivity contribution in [2.24, 2.45) is 5.92 Å². The molecule has 0 saturated carbocycles. The van der Waals surface area contributed by atoms with Crippen molar-refractivity contribution >= 4 is 0 Å². The molecule has 0 amide bonds. The van der Waals surface area contributed by atoms with E-state index in [1.807, 2.05) is 0 Å². The van der Waals surface area contributed by atoms with E-state index in [4.69, 9.17) is 0 Å². The summed E-state index contributed by atoms with van der Waals surface area (Å²) in [6.07, 6.45) is 1.18. The van der Waals surface area contributed by atoms with Crippen LogP contribution < -0.4 is 10.6 Å². The van der Waals surface area contributed by atoms with E-state index in [1.165, 1.54) is 17.5 Å². The fourth-order valence-electron chi connectivity index (χ4n) is 2.25. The van der Waals surface area contributed by atoms with Gasteiger partial charge in [0, 0.05) is 12.6 Å². The molecule has 88 valence electrons. The van der Waals surface area contributed by atoms with E-state index in [-0.39, 0.29) is 0 Å². The Hall–Kier alpha value is -0.860. The maximum atomic E-state index is 3.68. The van der Waals surface area contributed by atoms with Gasteiger partial charge in [0.2, 0.25) is 0 Å². The van der Waals surface area contributed by atoms with Crippen molar-refractivity contribution in [3.8, 4) is 0 Å². The van der Waals surface area contributed by atoms with Crippen molar-refractivity contribution in [1.82, 2.24) is 10.6 Å². The summed E-state index contributed by atoms with van der Waals surface area (Å²) in [4.78, 5) is 0. The molecule has 1 heterocycles. The zero-order valence-electron chi connectivity index (χ0n) is 10.3. The van der Waals surface area contributed by atoms with Crippen LogP contribution in [0.25, 0.3) is 0 Å². The molecule has 0 saturated heterocycles. The highest BCUT2D eigenvalue weighted by Gasteiger charge is 2.17. The van der Waals surface area contributed by atoms with Gasteiger partial charge >= 0.3 is 0 Å². The zero-order valence-corrected chi connectivity index (χ0v) is 10.3. The molecule has 2 rings (SSSR count). The second-order valence-electron chi connectivity index (χ2n) is 5.02. The average Bonchev–Trinajstić information content (AvgIpc) is 2.48. The largest absolute Gasteiger partial charge is 0.313 e. The molecular weight excluding hydrogens is 196 g/mol. The predicted molar refractivity (Wildman–Crippen MR) is 68.3 cm³/mol. The second-order valence-corrected chi connectivity index (χ2v) is 5.02. The van der Waals surface area contributed by atoms with Crippen molar-refractivity contribution in [1.29, 1.82) is 0 Å². The Morgan fingerprint density at radius 1 is 1.38 bits per heavy atom. The molecule has 1 aliphatic rings. The summed E-state index contributed by atoms with van der Waals surface area (Å²) >= 11 is 0. The van der Waals surface area contributed by atoms with Crippen LogP contribution >= 0.6 is 0 Å². The minimum Gasteiger partial charge on any atom is -0.313 e. The number of nitrogens with one attached hydrogen (secondary N) is 2. The van der Waals surface area contributed by atoms with Crippen molar-refractivity contribution in [2.45, 2.75) is 32.9 Å². The summed E-state index contributed by atoms with van der Waals surface area (Å²) in [5.74, 6) is 0.711. The van der Waals surface area contributed by atoms with E-state index in [1.54, 1.807) is 0 Å². The van der Waals surface area contributed by atoms with Gasteiger partial charge in [0.05, 0.1) is 0 Å². The van der Waals surface area contributed by atoms with E-state index in [2.05, 4.69) is 48.7 Å². The van der Waals surface area contributed by atoms with Gasteiger partial charge in [-0.1, -0.05) is 38.1 Å². The Bertz CT molecular complexity index is 333. The Morgan fingerprint density at radius 2 is 2.19 bits per heavy atom. The Labute approximate surface area is 98.4 Å². The second kappa shape index (κ2) is 5.46. The summed E-state index contributed by atoms with van der Waals surface area (Å²) in [5, 5.41) is 7.16. The molecule has 2 N–H and O–H groups in total. The van der Waals surface area contributed by atoms with E-state index >= 15 is 0 Å². The molecule has 1 atom stereocenters. The molecule has 1 aromatic rings. The van der Waals surface area contributed by atoms with Crippen LogP contribution in [0.2, 0.25) is 0 Å². The van der Waals surface area contributed by atoms with Crippen LogP contribution in [0.1, 0.15) is 37.4 Å². The lowest BCUT2D eigenvalue weighted by molar-refractivity contribution is 0.452. The minimum absolute atomic E-state index is 0.522. The number of hydrogen-bond acceptors (Lipinski definition) is 2. The normalized spacial score (nSPS) is 20.6. The molecule has 0 spiro atoms. The lowest BCUT2D eigenvalue weighted by Gasteiger charge is -2.20. The van der Waals surface area contributed by atoms with E-state index in [0.717, 1.165) is 19.6 Å². The highest BCUT2D eigenvalue weighted by molar-refractivity contribution is 5.30. The predicted octanol–water partition coefficient (Wildman–Crippen LogP) is 2.47. The molecule has 0 bridgehead atoms. The Kier molecular flexibility index (Phi) is 3.97. The van der Waals surface area contributed by atoms with Gasteiger partial charge < -0.3 is 10.6 Å². The molecule has 2 heteroatoms. The van der Waals surface area contributed by atoms with Gasteiger partial charge in [-0.2, -0.15) is 0 Å². The van der Waals surface area contributed by atoms with Crippen molar-refractivity contribution in [2.75, 3.05) is 13.1 Å². The molecule has 0 aromatic heterocycles. The van der Waals surface area contributed by atoms with E-state index in [0.29, 0.717) is 12.0 Å². The Balaban J connectivity index is 2.12. The quantitative estimate of drug-likeness (QED) is 0.814. The fraction of sp³-hybridized carbons (Fsp3) is 0.571.